The van der Waals surface area contributed by atoms with Gasteiger partial charge in [-0.3, -0.25) is 4.57 Å². The van der Waals surface area contributed by atoms with Crippen LogP contribution in [0.25, 0.3) is 73.2 Å². The second-order valence-electron chi connectivity index (χ2n) is 13.6. The molecule has 0 aliphatic heterocycles. The summed E-state index contributed by atoms with van der Waals surface area (Å²) in [6.07, 6.45) is 5.50. The molecular weight excluding hydrogens is 623 g/mol. The molecule has 0 bridgehead atoms. The van der Waals surface area contributed by atoms with Crippen molar-refractivity contribution in [2.24, 2.45) is 0 Å². The standard InChI is InChI=1S/C46H33N5/c1-46(33-25-26-41-37(29-33)35-21-11-13-23-39(35)50(41)34-19-9-4-10-20-34)28-27-42-38(30-46)36-22-12-14-24-40(36)51(42)45-48-43(31-15-5-2-6-16-31)47-44(49-45)32-17-7-3-8-18-32/h2-29H,30H2,1H3. The molecule has 0 N–H and O–H groups in total. The van der Waals surface area contributed by atoms with Crippen molar-refractivity contribution >= 4 is 38.8 Å². The molecule has 1 aliphatic carbocycles. The first kappa shape index (κ1) is 29.3. The maximum atomic E-state index is 5.12. The third-order valence-electron chi connectivity index (χ3n) is 10.4. The molecule has 3 heterocycles. The molecule has 0 spiro atoms. The first-order valence-corrected chi connectivity index (χ1v) is 17.4. The van der Waals surface area contributed by atoms with E-state index in [9.17, 15) is 0 Å². The van der Waals surface area contributed by atoms with Crippen LogP contribution in [0, 0.1) is 0 Å². The van der Waals surface area contributed by atoms with Gasteiger partial charge in [0.2, 0.25) is 5.95 Å². The molecule has 5 heteroatoms. The quantitative estimate of drug-likeness (QED) is 0.185. The van der Waals surface area contributed by atoms with Gasteiger partial charge in [-0.1, -0.05) is 134 Å². The van der Waals surface area contributed by atoms with Crippen LogP contribution in [0.4, 0.5) is 0 Å². The first-order chi connectivity index (χ1) is 25.1. The van der Waals surface area contributed by atoms with Gasteiger partial charge in [0, 0.05) is 38.4 Å². The Hall–Kier alpha value is -6.59. The minimum atomic E-state index is -0.227. The number of fused-ring (bicyclic) bond motifs is 6. The minimum Gasteiger partial charge on any atom is -0.309 e. The van der Waals surface area contributed by atoms with Crippen LogP contribution in [0.5, 0.6) is 0 Å². The number of para-hydroxylation sites is 3. The third-order valence-corrected chi connectivity index (χ3v) is 10.4. The van der Waals surface area contributed by atoms with Crippen LogP contribution in [0.2, 0.25) is 0 Å². The maximum absolute atomic E-state index is 5.12. The van der Waals surface area contributed by atoms with E-state index < -0.39 is 0 Å². The van der Waals surface area contributed by atoms with E-state index in [0.717, 1.165) is 28.8 Å². The summed E-state index contributed by atoms with van der Waals surface area (Å²) < 4.78 is 4.60. The Labute approximate surface area is 295 Å². The molecule has 9 aromatic rings. The van der Waals surface area contributed by atoms with Crippen molar-refractivity contribution in [2.75, 3.05) is 0 Å². The largest absolute Gasteiger partial charge is 0.309 e. The maximum Gasteiger partial charge on any atom is 0.238 e. The van der Waals surface area contributed by atoms with Crippen LogP contribution in [0.3, 0.4) is 0 Å². The molecule has 0 amide bonds. The van der Waals surface area contributed by atoms with E-state index in [1.54, 1.807) is 0 Å². The van der Waals surface area contributed by atoms with Gasteiger partial charge < -0.3 is 4.57 Å². The number of aromatic nitrogens is 5. The molecule has 1 atom stereocenters. The highest BCUT2D eigenvalue weighted by atomic mass is 15.2. The minimum absolute atomic E-state index is 0.227. The Morgan fingerprint density at radius 1 is 0.510 bits per heavy atom. The lowest BCUT2D eigenvalue weighted by Crippen LogP contribution is -2.25. The number of nitrogens with zero attached hydrogens (tertiary/aromatic N) is 5. The summed E-state index contributed by atoms with van der Waals surface area (Å²) in [4.78, 5) is 15.2. The van der Waals surface area contributed by atoms with Crippen molar-refractivity contribution in [2.45, 2.75) is 18.8 Å². The lowest BCUT2D eigenvalue weighted by Gasteiger charge is -2.30. The van der Waals surface area contributed by atoms with Crippen molar-refractivity contribution < 1.29 is 0 Å². The normalized spacial score (nSPS) is 15.5. The first-order valence-electron chi connectivity index (χ1n) is 17.4. The van der Waals surface area contributed by atoms with E-state index in [1.165, 1.54) is 44.0 Å². The van der Waals surface area contributed by atoms with Gasteiger partial charge >= 0.3 is 0 Å². The molecule has 242 valence electrons. The van der Waals surface area contributed by atoms with Crippen molar-refractivity contribution in [1.82, 2.24) is 24.1 Å². The van der Waals surface area contributed by atoms with Gasteiger partial charge in [-0.2, -0.15) is 9.97 Å². The van der Waals surface area contributed by atoms with Crippen molar-refractivity contribution in [3.05, 3.63) is 181 Å². The van der Waals surface area contributed by atoms with Gasteiger partial charge in [0.25, 0.3) is 0 Å². The van der Waals surface area contributed by atoms with E-state index >= 15 is 0 Å². The third kappa shape index (κ3) is 4.73. The van der Waals surface area contributed by atoms with Gasteiger partial charge in [-0.15, -0.1) is 0 Å². The van der Waals surface area contributed by atoms with Gasteiger partial charge in [-0.05, 0) is 60.0 Å². The van der Waals surface area contributed by atoms with E-state index in [1.807, 2.05) is 36.4 Å². The Morgan fingerprint density at radius 3 is 1.73 bits per heavy atom. The number of hydrogen-bond acceptors (Lipinski definition) is 3. The lowest BCUT2D eigenvalue weighted by atomic mass is 9.73. The average Bonchev–Trinajstić information content (AvgIpc) is 3.71. The number of benzene rings is 6. The molecule has 0 saturated carbocycles. The van der Waals surface area contributed by atoms with Crippen LogP contribution in [0.15, 0.2) is 164 Å². The Bertz CT molecular complexity index is 2720. The van der Waals surface area contributed by atoms with Crippen LogP contribution in [-0.2, 0) is 11.8 Å². The molecule has 1 aliphatic rings. The highest BCUT2D eigenvalue weighted by Gasteiger charge is 2.33. The Morgan fingerprint density at radius 2 is 1.06 bits per heavy atom. The summed E-state index contributed by atoms with van der Waals surface area (Å²) in [7, 11) is 0. The summed E-state index contributed by atoms with van der Waals surface area (Å²) in [6, 6.07) is 55.4. The topological polar surface area (TPSA) is 48.5 Å². The summed E-state index contributed by atoms with van der Waals surface area (Å²) in [5, 5.41) is 3.74. The van der Waals surface area contributed by atoms with Gasteiger partial charge in [0.05, 0.1) is 22.2 Å². The fourth-order valence-corrected chi connectivity index (χ4v) is 7.87. The molecule has 0 saturated heterocycles. The van der Waals surface area contributed by atoms with Crippen LogP contribution >= 0.6 is 0 Å². The highest BCUT2D eigenvalue weighted by Crippen LogP contribution is 2.43. The predicted octanol–water partition coefficient (Wildman–Crippen LogP) is 10.8. The zero-order valence-corrected chi connectivity index (χ0v) is 28.1. The smallest absolute Gasteiger partial charge is 0.238 e. The van der Waals surface area contributed by atoms with Gasteiger partial charge in [-0.25, -0.2) is 4.98 Å². The van der Waals surface area contributed by atoms with Crippen LogP contribution in [-0.4, -0.2) is 24.1 Å². The Kier molecular flexibility index (Phi) is 6.61. The fourth-order valence-electron chi connectivity index (χ4n) is 7.87. The molecule has 5 nitrogen and oxygen atoms in total. The monoisotopic (exact) mass is 655 g/mol. The SMILES string of the molecule is CC1(c2ccc3c(c2)c2ccccc2n3-c2ccccc2)C=Cc2c(c3ccccc3n2-c2nc(-c3ccccc3)nc(-c3ccccc3)n2)C1. The summed E-state index contributed by atoms with van der Waals surface area (Å²) >= 11 is 0. The summed E-state index contributed by atoms with van der Waals surface area (Å²) in [5.41, 5.74) is 10.1. The Balaban J connectivity index is 1.14. The van der Waals surface area contributed by atoms with Crippen molar-refractivity contribution in [1.29, 1.82) is 0 Å². The van der Waals surface area contributed by atoms with Crippen molar-refractivity contribution in [3.63, 3.8) is 0 Å². The second-order valence-corrected chi connectivity index (χ2v) is 13.6. The molecule has 1 unspecified atom stereocenters. The molecule has 6 aromatic carbocycles. The van der Waals surface area contributed by atoms with E-state index in [-0.39, 0.29) is 5.41 Å². The van der Waals surface area contributed by atoms with E-state index in [2.05, 4.69) is 150 Å². The number of allylic oxidation sites excluding steroid dienone is 1. The lowest BCUT2D eigenvalue weighted by molar-refractivity contribution is 0.588. The van der Waals surface area contributed by atoms with Gasteiger partial charge in [0.1, 0.15) is 0 Å². The predicted molar refractivity (Wildman–Crippen MR) is 208 cm³/mol. The highest BCUT2D eigenvalue weighted by molar-refractivity contribution is 6.09. The molecule has 0 fully saturated rings. The number of hydrogen-bond donors (Lipinski definition) is 0. The van der Waals surface area contributed by atoms with Crippen LogP contribution < -0.4 is 0 Å². The second kappa shape index (κ2) is 11.5. The van der Waals surface area contributed by atoms with Gasteiger partial charge in [0.15, 0.2) is 11.6 Å². The summed E-state index contributed by atoms with van der Waals surface area (Å²) in [6.45, 7) is 2.36. The zero-order valence-electron chi connectivity index (χ0n) is 28.1. The number of rotatable bonds is 5. The molecule has 0 radical (unpaired) electrons. The van der Waals surface area contributed by atoms with Crippen molar-refractivity contribution in [3.8, 4) is 34.4 Å². The molecule has 3 aromatic heterocycles. The fraction of sp³-hybridized carbons (Fsp3) is 0.0652. The van der Waals surface area contributed by atoms with E-state index in [0.29, 0.717) is 17.6 Å². The zero-order chi connectivity index (χ0) is 33.9. The van der Waals surface area contributed by atoms with Crippen LogP contribution in [0.1, 0.15) is 23.7 Å². The molecule has 10 rings (SSSR count). The van der Waals surface area contributed by atoms with E-state index in [4.69, 9.17) is 15.0 Å². The summed E-state index contributed by atoms with van der Waals surface area (Å²) in [5.74, 6) is 1.92. The molecular formula is C46H33N5. The average molecular weight is 656 g/mol. The molecule has 51 heavy (non-hydrogen) atoms.